The van der Waals surface area contributed by atoms with Crippen molar-refractivity contribution < 1.29 is 13.9 Å². The third-order valence-corrected chi connectivity index (χ3v) is 11.8. The van der Waals surface area contributed by atoms with Crippen molar-refractivity contribution in [1.29, 1.82) is 0 Å². The zero-order valence-corrected chi connectivity index (χ0v) is 34.0. The second kappa shape index (κ2) is 14.7. The van der Waals surface area contributed by atoms with Crippen molar-refractivity contribution >= 4 is 17.1 Å². The lowest BCUT2D eigenvalue weighted by Crippen LogP contribution is -2.34. The summed E-state index contributed by atoms with van der Waals surface area (Å²) in [7, 11) is 0. The van der Waals surface area contributed by atoms with Gasteiger partial charge in [-0.1, -0.05) is 107 Å². The zero-order chi connectivity index (χ0) is 38.3. The molecule has 0 radical (unpaired) electrons. The third-order valence-electron chi connectivity index (χ3n) is 11.8. The largest absolute Gasteiger partial charge is 0.485 e. The summed E-state index contributed by atoms with van der Waals surface area (Å²) in [6.07, 6.45) is 15.6. The highest BCUT2D eigenvalue weighted by atomic mass is 16.5. The third kappa shape index (κ3) is 6.92. The number of allylic oxidation sites excluding steroid dienone is 7. The van der Waals surface area contributed by atoms with Crippen LogP contribution in [0, 0.1) is 5.41 Å². The Labute approximate surface area is 324 Å². The Balaban J connectivity index is 1.29. The van der Waals surface area contributed by atoms with Gasteiger partial charge in [0.2, 0.25) is 5.69 Å². The van der Waals surface area contributed by atoms with Gasteiger partial charge in [0.05, 0.1) is 5.41 Å². The highest BCUT2D eigenvalue weighted by Crippen LogP contribution is 2.48. The average molecular weight is 718 g/mol. The van der Waals surface area contributed by atoms with Gasteiger partial charge in [-0.2, -0.15) is 4.58 Å². The van der Waals surface area contributed by atoms with Gasteiger partial charge in [-0.05, 0) is 75.5 Å². The van der Waals surface area contributed by atoms with E-state index in [0.29, 0.717) is 0 Å². The molecule has 0 amide bonds. The van der Waals surface area contributed by atoms with Crippen molar-refractivity contribution in [2.45, 2.75) is 98.6 Å². The maximum absolute atomic E-state index is 7.39. The number of hydrogen-bond donors (Lipinski definition) is 0. The number of rotatable bonds is 10. The van der Waals surface area contributed by atoms with E-state index >= 15 is 0 Å². The van der Waals surface area contributed by atoms with Crippen molar-refractivity contribution in [3.63, 3.8) is 0 Å². The van der Waals surface area contributed by atoms with E-state index in [4.69, 9.17) is 4.74 Å². The van der Waals surface area contributed by atoms with E-state index in [9.17, 15) is 0 Å². The van der Waals surface area contributed by atoms with Crippen molar-refractivity contribution in [2.24, 2.45) is 5.41 Å². The molecular weight excluding hydrogens is 659 g/mol. The molecule has 0 bridgehead atoms. The predicted molar refractivity (Wildman–Crippen MR) is 224 cm³/mol. The van der Waals surface area contributed by atoms with Crippen LogP contribution in [0.15, 0.2) is 150 Å². The van der Waals surface area contributed by atoms with E-state index in [2.05, 4.69) is 204 Å². The van der Waals surface area contributed by atoms with Crippen LogP contribution in [0.5, 0.6) is 0 Å². The van der Waals surface area contributed by atoms with Gasteiger partial charge in [-0.3, -0.25) is 0 Å². The second-order valence-corrected chi connectivity index (χ2v) is 17.2. The maximum Gasteiger partial charge on any atom is 0.209 e. The summed E-state index contributed by atoms with van der Waals surface area (Å²) >= 11 is 0. The molecule has 0 fully saturated rings. The molecule has 54 heavy (non-hydrogen) atoms. The first kappa shape index (κ1) is 37.4. The molecule has 3 aliphatic rings. The van der Waals surface area contributed by atoms with Crippen LogP contribution in [0.3, 0.4) is 0 Å². The standard InChI is InChI=1S/C50H59N3O/c1-10-52-42-23-17-15-21-40(42)49(6,7)44(52)29-27-37-25-26-38(28-30-45-50(8,9)41-22-16-18-24-43(41)53(45)11-2)46(37)54-47(48(3,4)5)39-31-33-51(34-32-39)35-36-19-13-12-14-20-36/h12-24,27-34,47H,10-11,25-26,35H2,1-9H3/q+2. The number of hydrogen-bond acceptors (Lipinski definition) is 2. The van der Waals surface area contributed by atoms with Gasteiger partial charge in [0.25, 0.3) is 0 Å². The summed E-state index contributed by atoms with van der Waals surface area (Å²) < 4.78 is 12.1. The van der Waals surface area contributed by atoms with Crippen LogP contribution in [0.25, 0.3) is 0 Å². The van der Waals surface area contributed by atoms with Crippen LogP contribution in [0.2, 0.25) is 0 Å². The van der Waals surface area contributed by atoms with Crippen molar-refractivity contribution in [1.82, 2.24) is 0 Å². The predicted octanol–water partition coefficient (Wildman–Crippen LogP) is 11.5. The monoisotopic (exact) mass is 717 g/mol. The van der Waals surface area contributed by atoms with Gasteiger partial charge in [0.1, 0.15) is 18.4 Å². The molecule has 278 valence electrons. The van der Waals surface area contributed by atoms with Crippen LogP contribution < -0.4 is 9.47 Å². The second-order valence-electron chi connectivity index (χ2n) is 17.2. The fourth-order valence-corrected chi connectivity index (χ4v) is 8.90. The molecule has 4 aromatic rings. The fraction of sp³-hybridized carbons (Fsp3) is 0.360. The van der Waals surface area contributed by atoms with Crippen molar-refractivity contribution in [2.75, 3.05) is 18.0 Å². The highest BCUT2D eigenvalue weighted by molar-refractivity contribution is 6.03. The Morgan fingerprint density at radius 1 is 0.759 bits per heavy atom. The molecule has 3 heterocycles. The number of ether oxygens (including phenoxy) is 1. The smallest absolute Gasteiger partial charge is 0.209 e. The van der Waals surface area contributed by atoms with E-state index in [1.165, 1.54) is 56.2 Å². The summed E-state index contributed by atoms with van der Waals surface area (Å²) in [6, 6.07) is 32.9. The van der Waals surface area contributed by atoms with E-state index in [1.54, 1.807) is 0 Å². The van der Waals surface area contributed by atoms with Gasteiger partial charge in [-0.25, -0.2) is 4.57 Å². The summed E-state index contributed by atoms with van der Waals surface area (Å²) in [6.45, 7) is 23.5. The molecule has 1 aliphatic carbocycles. The number of fused-ring (bicyclic) bond motifs is 2. The van der Waals surface area contributed by atoms with Gasteiger partial charge in [0, 0.05) is 69.7 Å². The van der Waals surface area contributed by atoms with Crippen LogP contribution in [0.4, 0.5) is 11.4 Å². The number of nitrogens with zero attached hydrogens (tertiary/aromatic N) is 3. The topological polar surface area (TPSA) is 19.4 Å². The van der Waals surface area contributed by atoms with E-state index in [1.807, 2.05) is 0 Å². The van der Waals surface area contributed by atoms with Crippen LogP contribution in [0.1, 0.15) is 104 Å². The number of benzene rings is 3. The van der Waals surface area contributed by atoms with Crippen LogP contribution in [-0.4, -0.2) is 23.4 Å². The Bertz CT molecular complexity index is 2170. The number of anilines is 1. The van der Waals surface area contributed by atoms with Crippen molar-refractivity contribution in [3.05, 3.63) is 173 Å². The Kier molecular flexibility index (Phi) is 10.2. The van der Waals surface area contributed by atoms with E-state index < -0.39 is 0 Å². The van der Waals surface area contributed by atoms with Gasteiger partial charge in [0.15, 0.2) is 24.7 Å². The van der Waals surface area contributed by atoms with Crippen LogP contribution in [-0.2, 0) is 22.1 Å². The minimum Gasteiger partial charge on any atom is -0.485 e. The summed E-state index contributed by atoms with van der Waals surface area (Å²) in [5.41, 5.74) is 12.8. The Morgan fingerprint density at radius 2 is 1.43 bits per heavy atom. The molecule has 4 nitrogen and oxygen atoms in total. The summed E-state index contributed by atoms with van der Waals surface area (Å²) in [5, 5.41) is 0. The first-order valence-electron chi connectivity index (χ1n) is 20.0. The maximum atomic E-state index is 7.39. The Morgan fingerprint density at radius 3 is 2.11 bits per heavy atom. The van der Waals surface area contributed by atoms with Gasteiger partial charge >= 0.3 is 0 Å². The molecule has 0 N–H and O–H groups in total. The molecule has 2 aliphatic heterocycles. The molecule has 1 aromatic heterocycles. The van der Waals surface area contributed by atoms with E-state index in [-0.39, 0.29) is 22.3 Å². The molecule has 1 unspecified atom stereocenters. The zero-order valence-electron chi connectivity index (χ0n) is 34.0. The Hall–Kier alpha value is -4.96. The highest BCUT2D eigenvalue weighted by Gasteiger charge is 2.44. The summed E-state index contributed by atoms with van der Waals surface area (Å²) in [4.78, 5) is 2.48. The summed E-state index contributed by atoms with van der Waals surface area (Å²) in [5.74, 6) is 1.03. The fourth-order valence-electron chi connectivity index (χ4n) is 8.90. The lowest BCUT2D eigenvalue weighted by molar-refractivity contribution is -0.688. The molecule has 0 spiro atoms. The number of pyridine rings is 1. The first-order chi connectivity index (χ1) is 25.8. The lowest BCUT2D eigenvalue weighted by atomic mass is 9.81. The number of para-hydroxylation sites is 2. The average Bonchev–Trinajstić information content (AvgIpc) is 3.72. The molecule has 3 aromatic carbocycles. The minimum absolute atomic E-state index is 0.0911. The lowest BCUT2D eigenvalue weighted by Gasteiger charge is -2.32. The number of aromatic nitrogens is 1. The molecule has 0 saturated carbocycles. The SMILES string of the molecule is CCN1/C(=C/C=C2\CCC(/C=C/C3=[N+](CC)c4ccccc4C3(C)C)=C2OC(c2cc[n+](Cc3ccccc3)cc2)C(C)(C)C)C(C)(C)c2ccccc21. The quantitative estimate of drug-likeness (QED) is 0.152. The molecule has 7 rings (SSSR count). The number of likely N-dealkylation sites (N-methyl/N-ethyl adjacent to an activating group) is 1. The van der Waals surface area contributed by atoms with E-state index in [0.717, 1.165) is 38.2 Å². The molecule has 1 atom stereocenters. The molecular formula is C50H59N3O+2. The molecule has 0 saturated heterocycles. The van der Waals surface area contributed by atoms with Gasteiger partial charge in [-0.15, -0.1) is 0 Å². The minimum atomic E-state index is -0.142. The van der Waals surface area contributed by atoms with Gasteiger partial charge < -0.3 is 9.64 Å². The normalized spacial score (nSPS) is 19.7. The van der Waals surface area contributed by atoms with Crippen LogP contribution >= 0.6 is 0 Å². The van der Waals surface area contributed by atoms with Crippen molar-refractivity contribution in [3.8, 4) is 0 Å². The molecule has 4 heteroatoms. The first-order valence-corrected chi connectivity index (χ1v) is 20.0.